The highest BCUT2D eigenvalue weighted by molar-refractivity contribution is 6.82. The Morgan fingerprint density at radius 3 is 2.52 bits per heavy atom. The third kappa shape index (κ3) is 4.44. The number of hydrazone groups is 1. The number of hydrogen-bond acceptors (Lipinski definition) is 4. The molecule has 0 aromatic heterocycles. The number of anilines is 1. The molecule has 0 radical (unpaired) electrons. The van der Waals surface area contributed by atoms with Crippen LogP contribution in [0.5, 0.6) is 0 Å². The predicted octanol–water partition coefficient (Wildman–Crippen LogP) is 4.28. The van der Waals surface area contributed by atoms with E-state index in [-0.39, 0.29) is 11.8 Å². The van der Waals surface area contributed by atoms with Gasteiger partial charge in [0.2, 0.25) is 5.17 Å². The number of halogens is 1. The smallest absolute Gasteiger partial charge is 0.370 e. The first-order valence-corrected chi connectivity index (χ1v) is 7.51. The monoisotopic (exact) mass is 328 g/mol. The van der Waals surface area contributed by atoms with Crippen LogP contribution in [-0.2, 0) is 9.53 Å². The average Bonchev–Trinajstić information content (AvgIpc) is 2.60. The molecule has 1 N–H and O–H groups in total. The van der Waals surface area contributed by atoms with Gasteiger partial charge in [-0.2, -0.15) is 5.10 Å². The maximum atomic E-state index is 11.5. The van der Waals surface area contributed by atoms with Crippen LogP contribution < -0.4 is 5.43 Å². The zero-order valence-electron chi connectivity index (χ0n) is 12.8. The minimum absolute atomic E-state index is 0.242. The van der Waals surface area contributed by atoms with Gasteiger partial charge >= 0.3 is 5.97 Å². The summed E-state index contributed by atoms with van der Waals surface area (Å²) in [6, 6.07) is 17.3. The summed E-state index contributed by atoms with van der Waals surface area (Å²) in [5, 5.41) is 3.61. The first-order chi connectivity index (χ1) is 11.1. The molecule has 4 nitrogen and oxygen atoms in total. The normalized spacial score (nSPS) is 11.0. The second-order valence-electron chi connectivity index (χ2n) is 4.63. The molecular formula is C18H17ClN2O2. The Kier molecular flexibility index (Phi) is 5.94. The number of ether oxygens (including phenoxy) is 1. The molecule has 2 aromatic rings. The van der Waals surface area contributed by atoms with Crippen LogP contribution in [0.25, 0.3) is 5.57 Å². The molecule has 0 amide bonds. The van der Waals surface area contributed by atoms with Gasteiger partial charge in [-0.1, -0.05) is 66.7 Å². The van der Waals surface area contributed by atoms with Crippen LogP contribution in [0.3, 0.4) is 0 Å². The second kappa shape index (κ2) is 8.15. The lowest BCUT2D eigenvalue weighted by molar-refractivity contribution is -0.134. The number of carbonyl (C=O) groups is 1. The number of esters is 1. The van der Waals surface area contributed by atoms with Crippen LogP contribution in [0, 0.1) is 0 Å². The van der Waals surface area contributed by atoms with Gasteiger partial charge < -0.3 is 4.74 Å². The predicted molar refractivity (Wildman–Crippen MR) is 94.6 cm³/mol. The molecule has 0 heterocycles. The van der Waals surface area contributed by atoms with E-state index < -0.39 is 5.97 Å². The second-order valence-corrected chi connectivity index (χ2v) is 4.98. The van der Waals surface area contributed by atoms with E-state index in [0.29, 0.717) is 5.69 Å². The fraction of sp³-hybridized carbons (Fsp3) is 0.111. The maximum Gasteiger partial charge on any atom is 0.370 e. The van der Waals surface area contributed by atoms with Crippen molar-refractivity contribution in [1.82, 2.24) is 0 Å². The minimum Gasteiger partial charge on any atom is -0.461 e. The number of carbonyl (C=O) groups excluding carboxylic acids is 1. The molecule has 0 spiro atoms. The van der Waals surface area contributed by atoms with E-state index >= 15 is 0 Å². The number of nitrogens with one attached hydrogen (secondary N) is 1. The number of rotatable bonds is 6. The number of benzene rings is 2. The molecule has 0 fully saturated rings. The van der Waals surface area contributed by atoms with Gasteiger partial charge in [-0.15, -0.1) is 0 Å². The molecule has 0 saturated heterocycles. The van der Waals surface area contributed by atoms with Crippen molar-refractivity contribution in [3.63, 3.8) is 0 Å². The van der Waals surface area contributed by atoms with Crippen LogP contribution in [-0.4, -0.2) is 17.7 Å². The molecule has 2 aromatic carbocycles. The van der Waals surface area contributed by atoms with Gasteiger partial charge in [-0.25, -0.2) is 4.79 Å². The topological polar surface area (TPSA) is 50.7 Å². The van der Waals surface area contributed by atoms with E-state index in [9.17, 15) is 4.79 Å². The van der Waals surface area contributed by atoms with Gasteiger partial charge in [0, 0.05) is 5.56 Å². The summed E-state index contributed by atoms with van der Waals surface area (Å²) < 4.78 is 4.78. The summed E-state index contributed by atoms with van der Waals surface area (Å²) >= 11 is 5.80. The number of para-hydroxylation sites is 1. The van der Waals surface area contributed by atoms with Crippen molar-refractivity contribution in [1.29, 1.82) is 0 Å². The SMILES string of the molecule is C=C(c1ccccc1)c1ccccc1N/N=C(/Cl)C(=O)OCC. The van der Waals surface area contributed by atoms with Crippen LogP contribution in [0.4, 0.5) is 5.69 Å². The fourth-order valence-electron chi connectivity index (χ4n) is 1.98. The van der Waals surface area contributed by atoms with Crippen molar-refractivity contribution < 1.29 is 9.53 Å². The molecule has 0 aliphatic heterocycles. The van der Waals surface area contributed by atoms with Crippen molar-refractivity contribution in [3.8, 4) is 0 Å². The Hall–Kier alpha value is -2.59. The van der Waals surface area contributed by atoms with Crippen LogP contribution in [0.15, 0.2) is 66.3 Å². The lowest BCUT2D eigenvalue weighted by Crippen LogP contribution is -2.13. The molecule has 2 rings (SSSR count). The van der Waals surface area contributed by atoms with Crippen molar-refractivity contribution in [3.05, 3.63) is 72.3 Å². The summed E-state index contributed by atoms with van der Waals surface area (Å²) in [7, 11) is 0. The number of nitrogens with zero attached hydrogens (tertiary/aromatic N) is 1. The summed E-state index contributed by atoms with van der Waals surface area (Å²) in [5.41, 5.74) is 6.21. The van der Waals surface area contributed by atoms with Gasteiger partial charge in [0.15, 0.2) is 0 Å². The third-order valence-corrected chi connectivity index (χ3v) is 3.33. The largest absolute Gasteiger partial charge is 0.461 e. The van der Waals surface area contributed by atoms with E-state index in [0.717, 1.165) is 16.7 Å². The molecule has 0 unspecified atom stereocenters. The Balaban J connectivity index is 2.23. The molecule has 0 aliphatic rings. The Morgan fingerprint density at radius 1 is 1.17 bits per heavy atom. The maximum absolute atomic E-state index is 11.5. The van der Waals surface area contributed by atoms with Crippen LogP contribution >= 0.6 is 11.6 Å². The quantitative estimate of drug-likeness (QED) is 0.489. The molecule has 23 heavy (non-hydrogen) atoms. The van der Waals surface area contributed by atoms with Gasteiger partial charge in [0.05, 0.1) is 12.3 Å². The fourth-order valence-corrected chi connectivity index (χ4v) is 2.08. The Labute approximate surface area is 140 Å². The van der Waals surface area contributed by atoms with E-state index in [4.69, 9.17) is 16.3 Å². The Morgan fingerprint density at radius 2 is 1.83 bits per heavy atom. The zero-order valence-corrected chi connectivity index (χ0v) is 13.5. The van der Waals surface area contributed by atoms with E-state index in [1.165, 1.54) is 0 Å². The Bertz CT molecular complexity index is 727. The van der Waals surface area contributed by atoms with E-state index in [1.807, 2.05) is 54.6 Å². The van der Waals surface area contributed by atoms with Crippen molar-refractivity contribution in [2.75, 3.05) is 12.0 Å². The third-order valence-electron chi connectivity index (χ3n) is 3.09. The van der Waals surface area contributed by atoms with Gasteiger partial charge in [0.25, 0.3) is 0 Å². The van der Waals surface area contributed by atoms with Crippen molar-refractivity contribution in [2.24, 2.45) is 5.10 Å². The highest BCUT2D eigenvalue weighted by Gasteiger charge is 2.11. The summed E-state index contributed by atoms with van der Waals surface area (Å²) in [5.74, 6) is -0.666. The molecule has 5 heteroatoms. The van der Waals surface area contributed by atoms with Gasteiger partial charge in [0.1, 0.15) is 0 Å². The zero-order chi connectivity index (χ0) is 16.7. The number of hydrogen-bond donors (Lipinski definition) is 1. The lowest BCUT2D eigenvalue weighted by Gasteiger charge is -2.12. The molecule has 118 valence electrons. The highest BCUT2D eigenvalue weighted by Crippen LogP contribution is 2.27. The van der Waals surface area contributed by atoms with Crippen molar-refractivity contribution >= 4 is 34.0 Å². The van der Waals surface area contributed by atoms with Crippen molar-refractivity contribution in [2.45, 2.75) is 6.92 Å². The lowest BCUT2D eigenvalue weighted by atomic mass is 9.98. The minimum atomic E-state index is -0.666. The van der Waals surface area contributed by atoms with Crippen LogP contribution in [0.1, 0.15) is 18.1 Å². The summed E-state index contributed by atoms with van der Waals surface area (Å²) in [4.78, 5) is 11.5. The first-order valence-electron chi connectivity index (χ1n) is 7.13. The van der Waals surface area contributed by atoms with Gasteiger partial charge in [-0.3, -0.25) is 5.43 Å². The highest BCUT2D eigenvalue weighted by atomic mass is 35.5. The molecule has 0 aliphatic carbocycles. The molecular weight excluding hydrogens is 312 g/mol. The summed E-state index contributed by atoms with van der Waals surface area (Å²) in [6.07, 6.45) is 0. The van der Waals surface area contributed by atoms with E-state index in [2.05, 4.69) is 17.1 Å². The molecule has 0 saturated carbocycles. The molecule has 0 bridgehead atoms. The average molecular weight is 329 g/mol. The first kappa shape index (κ1) is 16.8. The van der Waals surface area contributed by atoms with E-state index in [1.54, 1.807) is 6.92 Å². The van der Waals surface area contributed by atoms with Crippen LogP contribution in [0.2, 0.25) is 0 Å². The van der Waals surface area contributed by atoms with Gasteiger partial charge in [-0.05, 0) is 24.1 Å². The molecule has 0 atom stereocenters. The summed E-state index contributed by atoms with van der Waals surface area (Å²) in [6.45, 7) is 6.08. The standard InChI is InChI=1S/C18H17ClN2O2/c1-3-23-18(22)17(19)21-20-16-12-8-7-11-15(16)13(2)14-9-5-4-6-10-14/h4-12,20H,2-3H2,1H3/b21-17+.